The molecular formula is C14H22O2. The summed E-state index contributed by atoms with van der Waals surface area (Å²) in [6.07, 6.45) is 0. The van der Waals surface area contributed by atoms with Crippen molar-refractivity contribution in [2.75, 3.05) is 13.2 Å². The number of aliphatic hydroxyl groups excluding tert-OH is 2. The maximum atomic E-state index is 9.35. The Balaban J connectivity index is 3.14. The lowest BCUT2D eigenvalue weighted by Gasteiger charge is -2.27. The second-order valence-electron chi connectivity index (χ2n) is 5.66. The Kier molecular flexibility index (Phi) is 3.76. The average Bonchev–Trinajstić information content (AvgIpc) is 2.29. The molecule has 16 heavy (non-hydrogen) atoms. The van der Waals surface area contributed by atoms with Gasteiger partial charge in [0.05, 0.1) is 13.2 Å². The first-order valence-corrected chi connectivity index (χ1v) is 5.66. The van der Waals surface area contributed by atoms with E-state index in [0.717, 1.165) is 11.1 Å². The number of hydrogen-bond donors (Lipinski definition) is 2. The Labute approximate surface area is 97.9 Å². The standard InChI is InChI=1S/C14H22O2/c1-13(2,9-15)11-6-5-7-12(8-11)14(3,4)10-16/h5-8,15-16H,9-10H2,1-4H3. The molecule has 0 heterocycles. The van der Waals surface area contributed by atoms with E-state index >= 15 is 0 Å². The van der Waals surface area contributed by atoms with Crippen LogP contribution in [0.25, 0.3) is 0 Å². The molecule has 0 saturated carbocycles. The van der Waals surface area contributed by atoms with Crippen LogP contribution in [0, 0.1) is 0 Å². The van der Waals surface area contributed by atoms with E-state index in [1.165, 1.54) is 0 Å². The van der Waals surface area contributed by atoms with Crippen LogP contribution in [-0.4, -0.2) is 23.4 Å². The van der Waals surface area contributed by atoms with Crippen LogP contribution >= 0.6 is 0 Å². The van der Waals surface area contributed by atoms with Crippen molar-refractivity contribution in [2.24, 2.45) is 0 Å². The summed E-state index contributed by atoms with van der Waals surface area (Å²) in [5.74, 6) is 0. The maximum Gasteiger partial charge on any atom is 0.0522 e. The quantitative estimate of drug-likeness (QED) is 0.820. The second-order valence-corrected chi connectivity index (χ2v) is 5.66. The number of hydrogen-bond acceptors (Lipinski definition) is 2. The lowest BCUT2D eigenvalue weighted by molar-refractivity contribution is 0.214. The Hall–Kier alpha value is -0.860. The third-order valence-electron chi connectivity index (χ3n) is 3.22. The molecule has 1 aromatic rings. The van der Waals surface area contributed by atoms with Gasteiger partial charge >= 0.3 is 0 Å². The minimum Gasteiger partial charge on any atom is -0.395 e. The van der Waals surface area contributed by atoms with Crippen molar-refractivity contribution in [3.8, 4) is 0 Å². The Morgan fingerprint density at radius 3 is 1.56 bits per heavy atom. The first-order chi connectivity index (χ1) is 7.33. The average molecular weight is 222 g/mol. The molecule has 0 aliphatic rings. The molecule has 2 heteroatoms. The van der Waals surface area contributed by atoms with Gasteiger partial charge in [-0.15, -0.1) is 0 Å². The van der Waals surface area contributed by atoms with Gasteiger partial charge in [-0.05, 0) is 11.1 Å². The highest BCUT2D eigenvalue weighted by Crippen LogP contribution is 2.28. The lowest BCUT2D eigenvalue weighted by atomic mass is 9.79. The van der Waals surface area contributed by atoms with Crippen molar-refractivity contribution >= 4 is 0 Å². The van der Waals surface area contributed by atoms with Crippen molar-refractivity contribution < 1.29 is 10.2 Å². The number of benzene rings is 1. The van der Waals surface area contributed by atoms with Crippen molar-refractivity contribution in [1.29, 1.82) is 0 Å². The molecule has 0 atom stereocenters. The number of rotatable bonds is 4. The van der Waals surface area contributed by atoms with Crippen LogP contribution in [0.2, 0.25) is 0 Å². The second kappa shape index (κ2) is 4.56. The van der Waals surface area contributed by atoms with Gasteiger partial charge in [-0.25, -0.2) is 0 Å². The molecule has 0 unspecified atom stereocenters. The van der Waals surface area contributed by atoms with E-state index in [9.17, 15) is 10.2 Å². The minimum absolute atomic E-state index is 0.121. The molecule has 0 radical (unpaired) electrons. The lowest BCUT2D eigenvalue weighted by Crippen LogP contribution is -2.25. The van der Waals surface area contributed by atoms with E-state index in [2.05, 4.69) is 6.07 Å². The summed E-state index contributed by atoms with van der Waals surface area (Å²) >= 11 is 0. The molecule has 0 fully saturated rings. The zero-order valence-electron chi connectivity index (χ0n) is 10.6. The van der Waals surface area contributed by atoms with Gasteiger partial charge in [0.1, 0.15) is 0 Å². The highest BCUT2D eigenvalue weighted by molar-refractivity contribution is 5.33. The van der Waals surface area contributed by atoms with Crippen LogP contribution in [0.3, 0.4) is 0 Å². The topological polar surface area (TPSA) is 40.5 Å². The summed E-state index contributed by atoms with van der Waals surface area (Å²) in [7, 11) is 0. The Bertz CT molecular complexity index is 322. The molecule has 0 aliphatic carbocycles. The predicted molar refractivity (Wildman–Crippen MR) is 66.7 cm³/mol. The van der Waals surface area contributed by atoms with E-state index < -0.39 is 0 Å². The van der Waals surface area contributed by atoms with Gasteiger partial charge in [0.15, 0.2) is 0 Å². The van der Waals surface area contributed by atoms with Crippen molar-refractivity contribution in [3.63, 3.8) is 0 Å². The van der Waals surface area contributed by atoms with E-state index in [1.54, 1.807) is 0 Å². The zero-order valence-corrected chi connectivity index (χ0v) is 10.6. The van der Waals surface area contributed by atoms with Crippen molar-refractivity contribution in [1.82, 2.24) is 0 Å². The third-order valence-corrected chi connectivity index (χ3v) is 3.22. The smallest absolute Gasteiger partial charge is 0.0522 e. The monoisotopic (exact) mass is 222 g/mol. The molecule has 0 aromatic heterocycles. The van der Waals surface area contributed by atoms with Crippen molar-refractivity contribution in [2.45, 2.75) is 38.5 Å². The first-order valence-electron chi connectivity index (χ1n) is 5.66. The van der Waals surface area contributed by atoms with E-state index in [4.69, 9.17) is 0 Å². The fraction of sp³-hybridized carbons (Fsp3) is 0.571. The van der Waals surface area contributed by atoms with Crippen LogP contribution in [0.15, 0.2) is 24.3 Å². The van der Waals surface area contributed by atoms with Gasteiger partial charge in [-0.1, -0.05) is 52.0 Å². The summed E-state index contributed by atoms with van der Waals surface area (Å²) in [5.41, 5.74) is 1.74. The van der Waals surface area contributed by atoms with Gasteiger partial charge < -0.3 is 10.2 Å². The van der Waals surface area contributed by atoms with Crippen molar-refractivity contribution in [3.05, 3.63) is 35.4 Å². The Morgan fingerprint density at radius 1 is 0.875 bits per heavy atom. The summed E-state index contributed by atoms with van der Waals surface area (Å²) in [6, 6.07) is 8.10. The minimum atomic E-state index is -0.235. The highest BCUT2D eigenvalue weighted by atomic mass is 16.3. The van der Waals surface area contributed by atoms with E-state index in [-0.39, 0.29) is 24.0 Å². The molecule has 0 spiro atoms. The largest absolute Gasteiger partial charge is 0.395 e. The van der Waals surface area contributed by atoms with Gasteiger partial charge in [0.2, 0.25) is 0 Å². The summed E-state index contributed by atoms with van der Waals surface area (Å²) in [6.45, 7) is 8.29. The fourth-order valence-corrected chi connectivity index (χ4v) is 1.54. The Morgan fingerprint density at radius 2 is 1.25 bits per heavy atom. The van der Waals surface area contributed by atoms with Gasteiger partial charge in [0.25, 0.3) is 0 Å². The molecule has 0 bridgehead atoms. The van der Waals surface area contributed by atoms with E-state index in [0.29, 0.717) is 0 Å². The first kappa shape index (κ1) is 13.2. The molecule has 1 aromatic carbocycles. The molecule has 0 aliphatic heterocycles. The van der Waals surface area contributed by atoms with Gasteiger partial charge in [-0.3, -0.25) is 0 Å². The third kappa shape index (κ3) is 2.63. The fourth-order valence-electron chi connectivity index (χ4n) is 1.54. The SMILES string of the molecule is CC(C)(CO)c1cccc(C(C)(C)CO)c1. The van der Waals surface area contributed by atoms with Crippen LogP contribution in [-0.2, 0) is 10.8 Å². The van der Waals surface area contributed by atoms with Gasteiger partial charge in [-0.2, -0.15) is 0 Å². The normalized spacial score (nSPS) is 12.9. The maximum absolute atomic E-state index is 9.35. The van der Waals surface area contributed by atoms with Crippen LogP contribution in [0.1, 0.15) is 38.8 Å². The van der Waals surface area contributed by atoms with Crippen LogP contribution in [0.5, 0.6) is 0 Å². The summed E-state index contributed by atoms with van der Waals surface area (Å²) in [5, 5.41) is 18.7. The van der Waals surface area contributed by atoms with Crippen LogP contribution in [0.4, 0.5) is 0 Å². The number of aliphatic hydroxyl groups is 2. The summed E-state index contributed by atoms with van der Waals surface area (Å²) in [4.78, 5) is 0. The molecule has 2 N–H and O–H groups in total. The molecule has 2 nitrogen and oxygen atoms in total. The van der Waals surface area contributed by atoms with Gasteiger partial charge in [0, 0.05) is 10.8 Å². The molecule has 0 amide bonds. The molecule has 1 rings (SSSR count). The zero-order chi connectivity index (χ0) is 12.4. The van der Waals surface area contributed by atoms with E-state index in [1.807, 2.05) is 45.9 Å². The molecule has 90 valence electrons. The molecular weight excluding hydrogens is 200 g/mol. The molecule has 0 saturated heterocycles. The predicted octanol–water partition coefficient (Wildman–Crippen LogP) is 2.23. The van der Waals surface area contributed by atoms with Crippen LogP contribution < -0.4 is 0 Å². The summed E-state index contributed by atoms with van der Waals surface area (Å²) < 4.78 is 0. The highest BCUT2D eigenvalue weighted by Gasteiger charge is 2.24.